The number of azide groups is 1. The van der Waals surface area contributed by atoms with Crippen LogP contribution in [0.5, 0.6) is 0 Å². The Morgan fingerprint density at radius 2 is 2.21 bits per heavy atom. The highest BCUT2D eigenvalue weighted by atomic mass is 16.7. The van der Waals surface area contributed by atoms with E-state index >= 15 is 0 Å². The molecule has 2 heterocycles. The van der Waals surface area contributed by atoms with Crippen molar-refractivity contribution in [3.8, 4) is 0 Å². The van der Waals surface area contributed by atoms with E-state index in [0.29, 0.717) is 0 Å². The minimum Gasteiger partial charge on any atom is -0.460 e. The Bertz CT molecular complexity index is 436. The molecule has 0 radical (unpaired) electrons. The molecule has 5 atom stereocenters. The van der Waals surface area contributed by atoms with Crippen LogP contribution in [-0.2, 0) is 23.8 Å². The first-order valence-electron chi connectivity index (χ1n) is 5.78. The normalized spacial score (nSPS) is 36.2. The highest BCUT2D eigenvalue weighted by molar-refractivity contribution is 5.73. The van der Waals surface area contributed by atoms with Crippen LogP contribution in [0.4, 0.5) is 0 Å². The lowest BCUT2D eigenvalue weighted by Crippen LogP contribution is -2.61. The fraction of sp³-hybridized carbons (Fsp3) is 0.800. The van der Waals surface area contributed by atoms with Gasteiger partial charge >= 0.3 is 5.97 Å². The minimum absolute atomic E-state index is 0.224. The van der Waals surface area contributed by atoms with Crippen LogP contribution in [0.15, 0.2) is 5.11 Å². The number of esters is 1. The van der Waals surface area contributed by atoms with E-state index in [1.165, 1.54) is 13.8 Å². The van der Waals surface area contributed by atoms with Gasteiger partial charge in [0.15, 0.2) is 6.29 Å². The van der Waals surface area contributed by atoms with Gasteiger partial charge in [-0.3, -0.25) is 9.59 Å². The van der Waals surface area contributed by atoms with Crippen molar-refractivity contribution in [2.24, 2.45) is 5.11 Å². The second-order valence-corrected chi connectivity index (χ2v) is 4.37. The van der Waals surface area contributed by atoms with Gasteiger partial charge in [0.2, 0.25) is 5.91 Å². The molecule has 0 aromatic carbocycles. The molecule has 0 aromatic heterocycles. The van der Waals surface area contributed by atoms with Crippen LogP contribution in [0, 0.1) is 0 Å². The van der Waals surface area contributed by atoms with Crippen molar-refractivity contribution < 1.29 is 23.8 Å². The molecule has 104 valence electrons. The Morgan fingerprint density at radius 3 is 2.79 bits per heavy atom. The number of hydrogen-bond acceptors (Lipinski definition) is 6. The summed E-state index contributed by atoms with van der Waals surface area (Å²) in [6, 6.07) is -1.43. The predicted molar refractivity (Wildman–Crippen MR) is 60.7 cm³/mol. The Hall–Kier alpha value is -1.83. The molecule has 1 N–H and O–H groups in total. The first kappa shape index (κ1) is 13.6. The smallest absolute Gasteiger partial charge is 0.302 e. The summed E-state index contributed by atoms with van der Waals surface area (Å²) in [7, 11) is 0. The molecule has 0 aromatic rings. The molecule has 19 heavy (non-hydrogen) atoms. The summed E-state index contributed by atoms with van der Waals surface area (Å²) in [4.78, 5) is 25.1. The summed E-state index contributed by atoms with van der Waals surface area (Å²) in [6.45, 7) is 2.80. The monoisotopic (exact) mass is 270 g/mol. The molecule has 1 amide bonds. The molecule has 2 aliphatic heterocycles. The SMILES string of the molecule is CC(=O)NC1[C@@H]2OCC(O2)[C@@H](N=[N+]=[N-])[C@H]1OC(C)=O. The number of rotatable bonds is 3. The van der Waals surface area contributed by atoms with Gasteiger partial charge < -0.3 is 19.5 Å². The van der Waals surface area contributed by atoms with E-state index in [1.807, 2.05) is 0 Å². The summed E-state index contributed by atoms with van der Waals surface area (Å²) >= 11 is 0. The number of carbonyl (C=O) groups excluding carboxylic acids is 2. The molecule has 2 rings (SSSR count). The molecule has 9 heteroatoms. The minimum atomic E-state index is -0.802. The zero-order valence-electron chi connectivity index (χ0n) is 10.5. The van der Waals surface area contributed by atoms with Crippen molar-refractivity contribution in [2.45, 2.75) is 44.4 Å². The second kappa shape index (κ2) is 5.43. The third kappa shape index (κ3) is 2.78. The highest BCUT2D eigenvalue weighted by Crippen LogP contribution is 2.32. The lowest BCUT2D eigenvalue weighted by molar-refractivity contribution is -0.178. The van der Waals surface area contributed by atoms with Crippen molar-refractivity contribution in [1.82, 2.24) is 5.32 Å². The van der Waals surface area contributed by atoms with Crippen LogP contribution < -0.4 is 5.32 Å². The largest absolute Gasteiger partial charge is 0.460 e. The average Bonchev–Trinajstić information content (AvgIpc) is 2.74. The molecule has 2 bridgehead atoms. The van der Waals surface area contributed by atoms with Crippen molar-refractivity contribution in [3.63, 3.8) is 0 Å². The van der Waals surface area contributed by atoms with Crippen molar-refractivity contribution >= 4 is 11.9 Å². The third-order valence-electron chi connectivity index (χ3n) is 2.96. The van der Waals surface area contributed by atoms with Gasteiger partial charge in [0.1, 0.15) is 18.2 Å². The fourth-order valence-electron chi connectivity index (χ4n) is 2.31. The van der Waals surface area contributed by atoms with Gasteiger partial charge in [-0.05, 0) is 5.53 Å². The molecular formula is C10H14N4O5. The van der Waals surface area contributed by atoms with Gasteiger partial charge in [0.05, 0.1) is 12.7 Å². The Balaban J connectivity index is 2.28. The number of fused-ring (bicyclic) bond motifs is 2. The molecule has 0 spiro atoms. The van der Waals surface area contributed by atoms with E-state index in [-0.39, 0.29) is 12.5 Å². The maximum absolute atomic E-state index is 11.2. The van der Waals surface area contributed by atoms with E-state index in [2.05, 4.69) is 15.3 Å². The summed E-state index contributed by atoms with van der Waals surface area (Å²) in [5.41, 5.74) is 8.60. The highest BCUT2D eigenvalue weighted by Gasteiger charge is 2.52. The lowest BCUT2D eigenvalue weighted by atomic mass is 9.96. The first-order valence-corrected chi connectivity index (χ1v) is 5.78. The first-order chi connectivity index (χ1) is 9.02. The van der Waals surface area contributed by atoms with E-state index in [0.717, 1.165) is 0 Å². The van der Waals surface area contributed by atoms with E-state index in [4.69, 9.17) is 19.7 Å². The van der Waals surface area contributed by atoms with Crippen LogP contribution in [0.25, 0.3) is 10.4 Å². The Kier molecular flexibility index (Phi) is 3.89. The van der Waals surface area contributed by atoms with Gasteiger partial charge in [-0.1, -0.05) is 5.11 Å². The van der Waals surface area contributed by atoms with Crippen LogP contribution >= 0.6 is 0 Å². The maximum Gasteiger partial charge on any atom is 0.302 e. The molecule has 2 saturated heterocycles. The topological polar surface area (TPSA) is 123 Å². The van der Waals surface area contributed by atoms with Crippen molar-refractivity contribution in [2.75, 3.05) is 6.61 Å². The quantitative estimate of drug-likeness (QED) is 0.331. The van der Waals surface area contributed by atoms with Gasteiger partial charge in [0, 0.05) is 18.8 Å². The molecule has 2 unspecified atom stereocenters. The van der Waals surface area contributed by atoms with Crippen LogP contribution in [0.3, 0.4) is 0 Å². The zero-order valence-corrected chi connectivity index (χ0v) is 10.5. The van der Waals surface area contributed by atoms with Crippen LogP contribution in [-0.4, -0.2) is 49.1 Å². The van der Waals surface area contributed by atoms with Crippen molar-refractivity contribution in [1.29, 1.82) is 0 Å². The number of amides is 1. The number of ether oxygens (including phenoxy) is 3. The molecular weight excluding hydrogens is 256 g/mol. The number of hydrogen-bond donors (Lipinski definition) is 1. The van der Waals surface area contributed by atoms with Crippen molar-refractivity contribution in [3.05, 3.63) is 10.4 Å². The van der Waals surface area contributed by atoms with E-state index < -0.39 is 36.6 Å². The molecule has 2 fully saturated rings. The Morgan fingerprint density at radius 1 is 1.47 bits per heavy atom. The summed E-state index contributed by atoms with van der Waals surface area (Å²) < 4.78 is 16.0. The van der Waals surface area contributed by atoms with Crippen LogP contribution in [0.2, 0.25) is 0 Å². The van der Waals surface area contributed by atoms with Crippen LogP contribution in [0.1, 0.15) is 13.8 Å². The molecule has 2 aliphatic rings. The summed E-state index contributed by atoms with van der Waals surface area (Å²) in [6.07, 6.45) is -1.98. The fourth-order valence-corrected chi connectivity index (χ4v) is 2.31. The zero-order chi connectivity index (χ0) is 14.0. The van der Waals surface area contributed by atoms with E-state index in [9.17, 15) is 9.59 Å². The summed E-state index contributed by atoms with van der Waals surface area (Å²) in [5.74, 6) is -0.848. The number of carbonyl (C=O) groups is 2. The van der Waals surface area contributed by atoms with E-state index in [1.54, 1.807) is 0 Å². The molecule has 9 nitrogen and oxygen atoms in total. The number of nitrogens with zero attached hydrogens (tertiary/aromatic N) is 3. The van der Waals surface area contributed by atoms with Gasteiger partial charge in [0.25, 0.3) is 0 Å². The van der Waals surface area contributed by atoms with Gasteiger partial charge in [-0.15, -0.1) is 0 Å². The standard InChI is InChI=1S/C10H14N4O5/c1-4(15)12-8-9(18-5(2)16)7(13-14-11)6-3-17-10(8)19-6/h6-10H,3H2,1-2H3,(H,12,15)/t6?,7-,8?,9-,10-/m1/s1. The Labute approximate surface area is 108 Å². The van der Waals surface area contributed by atoms with Gasteiger partial charge in [-0.25, -0.2) is 0 Å². The predicted octanol–water partition coefficient (Wildman–Crippen LogP) is -0.143. The summed E-state index contributed by atoms with van der Waals surface area (Å²) in [5, 5.41) is 6.21. The third-order valence-corrected chi connectivity index (χ3v) is 2.96. The lowest BCUT2D eigenvalue weighted by Gasteiger charge is -2.38. The molecule has 0 saturated carbocycles. The average molecular weight is 270 g/mol. The number of nitrogens with one attached hydrogen (secondary N) is 1. The van der Waals surface area contributed by atoms with Gasteiger partial charge in [-0.2, -0.15) is 0 Å². The second-order valence-electron chi connectivity index (χ2n) is 4.37. The maximum atomic E-state index is 11.2. The molecule has 0 aliphatic carbocycles.